The van der Waals surface area contributed by atoms with Crippen molar-refractivity contribution in [1.82, 2.24) is 9.97 Å². The third-order valence-electron chi connectivity index (χ3n) is 3.91. The molecule has 0 aliphatic carbocycles. The SMILES string of the molecule is CCCOc1ccnc(N(CCCCCCC(=O)O)c2ccccn2)c1. The van der Waals surface area contributed by atoms with E-state index in [1.807, 2.05) is 30.3 Å². The van der Waals surface area contributed by atoms with Crippen LogP contribution in [0.1, 0.15) is 45.4 Å². The van der Waals surface area contributed by atoms with E-state index >= 15 is 0 Å². The molecule has 2 rings (SSSR count). The second-order valence-electron chi connectivity index (χ2n) is 6.10. The summed E-state index contributed by atoms with van der Waals surface area (Å²) in [6.07, 6.45) is 8.27. The molecule has 1 N–H and O–H groups in total. The number of rotatable bonds is 12. The number of hydrogen-bond acceptors (Lipinski definition) is 5. The molecule has 0 atom stereocenters. The summed E-state index contributed by atoms with van der Waals surface area (Å²) in [6, 6.07) is 9.61. The summed E-state index contributed by atoms with van der Waals surface area (Å²) in [5, 5.41) is 8.71. The van der Waals surface area contributed by atoms with Crippen LogP contribution in [0.15, 0.2) is 42.7 Å². The Bertz CT molecular complexity index is 664. The van der Waals surface area contributed by atoms with Crippen molar-refractivity contribution in [2.75, 3.05) is 18.1 Å². The predicted octanol–water partition coefficient (Wildman–Crippen LogP) is 4.44. The second kappa shape index (κ2) is 11.1. The van der Waals surface area contributed by atoms with Gasteiger partial charge < -0.3 is 14.7 Å². The number of aromatic nitrogens is 2. The molecule has 0 saturated heterocycles. The molecule has 0 fully saturated rings. The maximum absolute atomic E-state index is 10.6. The Labute approximate surface area is 154 Å². The number of aliphatic carboxylic acids is 1. The van der Waals surface area contributed by atoms with Gasteiger partial charge in [-0.15, -0.1) is 0 Å². The van der Waals surface area contributed by atoms with E-state index in [0.29, 0.717) is 6.61 Å². The quantitative estimate of drug-likeness (QED) is 0.566. The first-order valence-electron chi connectivity index (χ1n) is 9.20. The van der Waals surface area contributed by atoms with Crippen molar-refractivity contribution in [2.24, 2.45) is 0 Å². The van der Waals surface area contributed by atoms with Gasteiger partial charge in [-0.25, -0.2) is 9.97 Å². The fraction of sp³-hybridized carbons (Fsp3) is 0.450. The van der Waals surface area contributed by atoms with Gasteiger partial charge in [-0.3, -0.25) is 4.79 Å². The number of unbranched alkanes of at least 4 members (excludes halogenated alkanes) is 3. The molecule has 2 aromatic rings. The third kappa shape index (κ3) is 6.70. The number of carboxylic acids is 1. The topological polar surface area (TPSA) is 75.5 Å². The third-order valence-corrected chi connectivity index (χ3v) is 3.91. The van der Waals surface area contributed by atoms with Gasteiger partial charge in [0.2, 0.25) is 0 Å². The Kier molecular flexibility index (Phi) is 8.39. The van der Waals surface area contributed by atoms with Gasteiger partial charge in [0.05, 0.1) is 6.61 Å². The van der Waals surface area contributed by atoms with Crippen molar-refractivity contribution in [1.29, 1.82) is 0 Å². The van der Waals surface area contributed by atoms with Crippen LogP contribution in [-0.2, 0) is 4.79 Å². The van der Waals surface area contributed by atoms with E-state index < -0.39 is 5.97 Å². The number of pyridine rings is 2. The van der Waals surface area contributed by atoms with Gasteiger partial charge in [-0.05, 0) is 37.5 Å². The van der Waals surface area contributed by atoms with Crippen LogP contribution in [0.4, 0.5) is 11.6 Å². The minimum atomic E-state index is -0.729. The number of carboxylic acid groups (broad SMARTS) is 1. The van der Waals surface area contributed by atoms with Crippen LogP contribution in [-0.4, -0.2) is 34.2 Å². The molecule has 0 amide bonds. The summed E-state index contributed by atoms with van der Waals surface area (Å²) in [5.74, 6) is 1.73. The minimum absolute atomic E-state index is 0.238. The molecule has 0 radical (unpaired) electrons. The first-order valence-corrected chi connectivity index (χ1v) is 9.20. The van der Waals surface area contributed by atoms with Crippen LogP contribution in [0.2, 0.25) is 0 Å². The molecule has 2 heterocycles. The lowest BCUT2D eigenvalue weighted by Crippen LogP contribution is -2.20. The van der Waals surface area contributed by atoms with Crippen molar-refractivity contribution in [2.45, 2.75) is 45.4 Å². The summed E-state index contributed by atoms with van der Waals surface area (Å²) < 4.78 is 5.72. The zero-order valence-electron chi connectivity index (χ0n) is 15.3. The highest BCUT2D eigenvalue weighted by molar-refractivity contribution is 5.66. The van der Waals surface area contributed by atoms with E-state index in [1.54, 1.807) is 12.4 Å². The van der Waals surface area contributed by atoms with E-state index in [0.717, 1.165) is 56.0 Å². The Morgan fingerprint density at radius 2 is 1.88 bits per heavy atom. The maximum atomic E-state index is 10.6. The monoisotopic (exact) mass is 357 g/mol. The highest BCUT2D eigenvalue weighted by Gasteiger charge is 2.12. The lowest BCUT2D eigenvalue weighted by molar-refractivity contribution is -0.137. The number of carbonyl (C=O) groups is 1. The Hall–Kier alpha value is -2.63. The fourth-order valence-electron chi connectivity index (χ4n) is 2.62. The van der Waals surface area contributed by atoms with E-state index in [9.17, 15) is 4.79 Å². The molecular formula is C20H27N3O3. The van der Waals surface area contributed by atoms with Crippen molar-refractivity contribution in [3.63, 3.8) is 0 Å². The number of nitrogens with zero attached hydrogens (tertiary/aromatic N) is 3. The predicted molar refractivity (Wildman–Crippen MR) is 102 cm³/mol. The van der Waals surface area contributed by atoms with Crippen molar-refractivity contribution >= 4 is 17.6 Å². The molecule has 0 aliphatic rings. The molecular weight excluding hydrogens is 330 g/mol. The molecule has 26 heavy (non-hydrogen) atoms. The van der Waals surface area contributed by atoms with E-state index in [2.05, 4.69) is 21.8 Å². The molecule has 0 spiro atoms. The minimum Gasteiger partial charge on any atom is -0.493 e. The normalized spacial score (nSPS) is 10.5. The Balaban J connectivity index is 2.01. The molecule has 6 heteroatoms. The molecule has 0 aliphatic heterocycles. The van der Waals surface area contributed by atoms with Crippen LogP contribution in [0.5, 0.6) is 5.75 Å². The van der Waals surface area contributed by atoms with Crippen LogP contribution < -0.4 is 9.64 Å². The van der Waals surface area contributed by atoms with Crippen LogP contribution in [0, 0.1) is 0 Å². The van der Waals surface area contributed by atoms with Gasteiger partial charge in [0, 0.05) is 31.4 Å². The van der Waals surface area contributed by atoms with Crippen molar-refractivity contribution in [3.8, 4) is 5.75 Å². The van der Waals surface area contributed by atoms with E-state index in [1.165, 1.54) is 0 Å². The Morgan fingerprint density at radius 3 is 2.62 bits per heavy atom. The summed E-state index contributed by atoms with van der Waals surface area (Å²) in [4.78, 5) is 21.6. The summed E-state index contributed by atoms with van der Waals surface area (Å²) in [6.45, 7) is 3.53. The summed E-state index contributed by atoms with van der Waals surface area (Å²) in [5.41, 5.74) is 0. The highest BCUT2D eigenvalue weighted by Crippen LogP contribution is 2.25. The van der Waals surface area contributed by atoms with E-state index in [4.69, 9.17) is 9.84 Å². The highest BCUT2D eigenvalue weighted by atomic mass is 16.5. The maximum Gasteiger partial charge on any atom is 0.303 e. The molecule has 2 aromatic heterocycles. The van der Waals surface area contributed by atoms with Crippen molar-refractivity contribution < 1.29 is 14.6 Å². The zero-order chi connectivity index (χ0) is 18.6. The molecule has 0 unspecified atom stereocenters. The van der Waals surface area contributed by atoms with Gasteiger partial charge in [-0.2, -0.15) is 0 Å². The summed E-state index contributed by atoms with van der Waals surface area (Å²) in [7, 11) is 0. The van der Waals surface area contributed by atoms with Gasteiger partial charge in [0.1, 0.15) is 17.4 Å². The number of anilines is 2. The van der Waals surface area contributed by atoms with Gasteiger partial charge in [-0.1, -0.05) is 25.8 Å². The lowest BCUT2D eigenvalue weighted by Gasteiger charge is -2.23. The van der Waals surface area contributed by atoms with E-state index in [-0.39, 0.29) is 6.42 Å². The zero-order valence-corrected chi connectivity index (χ0v) is 15.3. The molecule has 0 aromatic carbocycles. The van der Waals surface area contributed by atoms with Crippen molar-refractivity contribution in [3.05, 3.63) is 42.7 Å². The largest absolute Gasteiger partial charge is 0.493 e. The molecule has 140 valence electrons. The first kappa shape index (κ1) is 19.7. The van der Waals surface area contributed by atoms with Gasteiger partial charge >= 0.3 is 5.97 Å². The lowest BCUT2D eigenvalue weighted by atomic mass is 10.1. The van der Waals surface area contributed by atoms with Gasteiger partial charge in [0.25, 0.3) is 0 Å². The smallest absolute Gasteiger partial charge is 0.303 e. The number of hydrogen-bond donors (Lipinski definition) is 1. The van der Waals surface area contributed by atoms with Crippen LogP contribution in [0.3, 0.4) is 0 Å². The standard InChI is InChI=1S/C20H27N3O3/c1-2-15-26-17-11-13-22-19(16-17)23(18-9-6-7-12-21-18)14-8-4-3-5-10-20(24)25/h6-7,9,11-13,16H,2-5,8,10,14-15H2,1H3,(H,24,25). The number of ether oxygens (including phenoxy) is 1. The fourth-order valence-corrected chi connectivity index (χ4v) is 2.62. The molecule has 0 saturated carbocycles. The Morgan fingerprint density at radius 1 is 1.08 bits per heavy atom. The average Bonchev–Trinajstić information content (AvgIpc) is 2.66. The van der Waals surface area contributed by atoms with Crippen LogP contribution in [0.25, 0.3) is 0 Å². The molecule has 6 nitrogen and oxygen atoms in total. The van der Waals surface area contributed by atoms with Crippen LogP contribution >= 0.6 is 0 Å². The molecule has 0 bridgehead atoms. The second-order valence-corrected chi connectivity index (χ2v) is 6.10. The first-order chi connectivity index (χ1) is 12.7. The van der Waals surface area contributed by atoms with Gasteiger partial charge in [0.15, 0.2) is 0 Å². The summed E-state index contributed by atoms with van der Waals surface area (Å²) >= 11 is 0. The average molecular weight is 357 g/mol.